The van der Waals surface area contributed by atoms with Crippen molar-refractivity contribution in [1.82, 2.24) is 0 Å². The fourth-order valence-electron chi connectivity index (χ4n) is 0.627. The molecule has 0 aromatic rings. The number of rotatable bonds is 5. The molecule has 1 unspecified atom stereocenters. The molecule has 0 amide bonds. The molecule has 0 saturated carbocycles. The summed E-state index contributed by atoms with van der Waals surface area (Å²) in [5.41, 5.74) is 0. The zero-order valence-corrected chi connectivity index (χ0v) is 7.57. The van der Waals surface area contributed by atoms with Crippen LogP contribution in [0.2, 0.25) is 0 Å². The first-order chi connectivity index (χ1) is 4.62. The fourth-order valence-corrected chi connectivity index (χ4v) is 0.813. The van der Waals surface area contributed by atoms with Crippen molar-refractivity contribution in [2.45, 2.75) is 25.8 Å². The Labute approximate surface area is 67.5 Å². The number of hydrogen-bond donors (Lipinski definition) is 0. The molecular formula is C7H15ClO2. The summed E-state index contributed by atoms with van der Waals surface area (Å²) >= 11 is 5.87. The van der Waals surface area contributed by atoms with Crippen LogP contribution in [0.5, 0.6) is 0 Å². The maximum absolute atomic E-state index is 5.87. The highest BCUT2D eigenvalue weighted by molar-refractivity contribution is 6.22. The molecule has 0 aliphatic rings. The Morgan fingerprint density at radius 2 is 1.90 bits per heavy atom. The van der Waals surface area contributed by atoms with E-state index >= 15 is 0 Å². The molecule has 0 fully saturated rings. The van der Waals surface area contributed by atoms with Crippen LogP contribution in [0.3, 0.4) is 0 Å². The summed E-state index contributed by atoms with van der Waals surface area (Å²) in [4.78, 5) is 0. The van der Waals surface area contributed by atoms with Crippen LogP contribution in [0.25, 0.3) is 0 Å². The van der Waals surface area contributed by atoms with E-state index in [9.17, 15) is 0 Å². The minimum absolute atomic E-state index is 0.443. The summed E-state index contributed by atoms with van der Waals surface area (Å²) in [6, 6.07) is 0. The second kappa shape index (κ2) is 4.94. The van der Waals surface area contributed by atoms with Gasteiger partial charge in [0.25, 0.3) is 0 Å². The molecule has 1 atom stereocenters. The first kappa shape index (κ1) is 10.2. The fraction of sp³-hybridized carbons (Fsp3) is 1.00. The molecule has 0 radical (unpaired) electrons. The minimum atomic E-state index is -0.648. The SMILES string of the molecule is CCOCC(C)(Cl)OCC. The average molecular weight is 167 g/mol. The average Bonchev–Trinajstić information content (AvgIpc) is 1.84. The van der Waals surface area contributed by atoms with Gasteiger partial charge in [-0.25, -0.2) is 0 Å². The third kappa shape index (κ3) is 5.03. The van der Waals surface area contributed by atoms with Gasteiger partial charge in [0.2, 0.25) is 0 Å². The van der Waals surface area contributed by atoms with Gasteiger partial charge in [-0.2, -0.15) is 0 Å². The molecule has 62 valence electrons. The van der Waals surface area contributed by atoms with E-state index in [0.717, 1.165) is 0 Å². The first-order valence-electron chi connectivity index (χ1n) is 3.53. The van der Waals surface area contributed by atoms with Crippen molar-refractivity contribution in [1.29, 1.82) is 0 Å². The van der Waals surface area contributed by atoms with Crippen molar-refractivity contribution >= 4 is 11.6 Å². The van der Waals surface area contributed by atoms with E-state index in [0.29, 0.717) is 19.8 Å². The molecule has 0 aliphatic carbocycles. The lowest BCUT2D eigenvalue weighted by Gasteiger charge is -2.20. The molecule has 0 N–H and O–H groups in total. The third-order valence-corrected chi connectivity index (χ3v) is 1.23. The first-order valence-corrected chi connectivity index (χ1v) is 3.90. The van der Waals surface area contributed by atoms with E-state index in [-0.39, 0.29) is 0 Å². The second-order valence-corrected chi connectivity index (χ2v) is 2.97. The van der Waals surface area contributed by atoms with Crippen molar-refractivity contribution in [3.8, 4) is 0 Å². The Morgan fingerprint density at radius 3 is 2.30 bits per heavy atom. The zero-order valence-electron chi connectivity index (χ0n) is 6.82. The van der Waals surface area contributed by atoms with Crippen LogP contribution < -0.4 is 0 Å². The van der Waals surface area contributed by atoms with Crippen LogP contribution in [0.4, 0.5) is 0 Å². The van der Waals surface area contributed by atoms with E-state index < -0.39 is 5.06 Å². The lowest BCUT2D eigenvalue weighted by atomic mass is 10.4. The zero-order chi connectivity index (χ0) is 8.04. The van der Waals surface area contributed by atoms with Gasteiger partial charge in [-0.05, 0) is 20.8 Å². The molecule has 3 heteroatoms. The quantitative estimate of drug-likeness (QED) is 0.582. The largest absolute Gasteiger partial charge is 0.377 e. The summed E-state index contributed by atoms with van der Waals surface area (Å²) in [5.74, 6) is 0. The van der Waals surface area contributed by atoms with Gasteiger partial charge in [-0.1, -0.05) is 11.6 Å². The van der Waals surface area contributed by atoms with Crippen LogP contribution in [0.15, 0.2) is 0 Å². The van der Waals surface area contributed by atoms with Gasteiger partial charge in [0.1, 0.15) is 0 Å². The van der Waals surface area contributed by atoms with Crippen molar-refractivity contribution < 1.29 is 9.47 Å². The van der Waals surface area contributed by atoms with E-state index in [2.05, 4.69) is 0 Å². The Hall–Kier alpha value is 0.210. The van der Waals surface area contributed by atoms with Crippen LogP contribution in [-0.2, 0) is 9.47 Å². The second-order valence-electron chi connectivity index (χ2n) is 2.17. The molecule has 0 rings (SSSR count). The summed E-state index contributed by atoms with van der Waals surface area (Å²) < 4.78 is 10.3. The maximum Gasteiger partial charge on any atom is 0.162 e. The van der Waals surface area contributed by atoms with Crippen LogP contribution in [0.1, 0.15) is 20.8 Å². The van der Waals surface area contributed by atoms with Gasteiger partial charge in [0, 0.05) is 13.2 Å². The van der Waals surface area contributed by atoms with Gasteiger partial charge in [0.15, 0.2) is 5.06 Å². The lowest BCUT2D eigenvalue weighted by molar-refractivity contribution is -0.0260. The summed E-state index contributed by atoms with van der Waals surface area (Å²) in [6.45, 7) is 7.38. The topological polar surface area (TPSA) is 18.5 Å². The molecule has 0 saturated heterocycles. The molecule has 2 nitrogen and oxygen atoms in total. The van der Waals surface area contributed by atoms with Crippen molar-refractivity contribution in [3.63, 3.8) is 0 Å². The molecule has 0 aromatic carbocycles. The highest BCUT2D eigenvalue weighted by Crippen LogP contribution is 2.15. The summed E-state index contributed by atoms with van der Waals surface area (Å²) in [7, 11) is 0. The Bertz CT molecular complexity index is 83.7. The van der Waals surface area contributed by atoms with Gasteiger partial charge in [0.05, 0.1) is 6.61 Å². The number of halogens is 1. The highest BCUT2D eigenvalue weighted by Gasteiger charge is 2.19. The normalized spacial score (nSPS) is 16.8. The van der Waals surface area contributed by atoms with Crippen LogP contribution >= 0.6 is 11.6 Å². The minimum Gasteiger partial charge on any atom is -0.377 e. The van der Waals surface area contributed by atoms with Crippen LogP contribution in [0, 0.1) is 0 Å². The smallest absolute Gasteiger partial charge is 0.162 e. The number of hydrogen-bond acceptors (Lipinski definition) is 2. The van der Waals surface area contributed by atoms with Gasteiger partial charge >= 0.3 is 0 Å². The molecule has 0 aromatic heterocycles. The van der Waals surface area contributed by atoms with Gasteiger partial charge in [-0.15, -0.1) is 0 Å². The third-order valence-electron chi connectivity index (χ3n) is 1.01. The molecule has 0 heterocycles. The molecule has 0 aliphatic heterocycles. The van der Waals surface area contributed by atoms with Crippen LogP contribution in [-0.4, -0.2) is 24.9 Å². The van der Waals surface area contributed by atoms with E-state index in [1.54, 1.807) is 6.92 Å². The van der Waals surface area contributed by atoms with E-state index in [4.69, 9.17) is 21.1 Å². The molecule has 0 bridgehead atoms. The predicted octanol–water partition coefficient (Wildman–Crippen LogP) is 2.01. The Balaban J connectivity index is 3.42. The molecule has 10 heavy (non-hydrogen) atoms. The standard InChI is InChI=1S/C7H15ClO2/c1-4-9-6-7(3,8)10-5-2/h4-6H2,1-3H3. The monoisotopic (exact) mass is 166 g/mol. The summed E-state index contributed by atoms with van der Waals surface area (Å²) in [5, 5.41) is -0.648. The number of ether oxygens (including phenoxy) is 2. The van der Waals surface area contributed by atoms with E-state index in [1.165, 1.54) is 0 Å². The Morgan fingerprint density at radius 1 is 1.30 bits per heavy atom. The van der Waals surface area contributed by atoms with Crippen molar-refractivity contribution in [2.24, 2.45) is 0 Å². The van der Waals surface area contributed by atoms with Gasteiger partial charge in [-0.3, -0.25) is 0 Å². The predicted molar refractivity (Wildman–Crippen MR) is 42.4 cm³/mol. The molecular weight excluding hydrogens is 152 g/mol. The maximum atomic E-state index is 5.87. The van der Waals surface area contributed by atoms with Crippen molar-refractivity contribution in [3.05, 3.63) is 0 Å². The van der Waals surface area contributed by atoms with E-state index in [1.807, 2.05) is 13.8 Å². The number of alkyl halides is 1. The van der Waals surface area contributed by atoms with Crippen molar-refractivity contribution in [2.75, 3.05) is 19.8 Å². The molecule has 0 spiro atoms. The van der Waals surface area contributed by atoms with Gasteiger partial charge < -0.3 is 9.47 Å². The lowest BCUT2D eigenvalue weighted by Crippen LogP contribution is -2.27. The summed E-state index contributed by atoms with van der Waals surface area (Å²) in [6.07, 6.45) is 0. The Kier molecular flexibility index (Phi) is 5.04. The highest BCUT2D eigenvalue weighted by atomic mass is 35.5.